The molecule has 1 aromatic carbocycles. The Morgan fingerprint density at radius 2 is 1.65 bits per heavy atom. The van der Waals surface area contributed by atoms with Crippen LogP contribution in [-0.4, -0.2) is 14.8 Å². The quantitative estimate of drug-likeness (QED) is 0.529. The lowest BCUT2D eigenvalue weighted by atomic mass is 10.1. The van der Waals surface area contributed by atoms with Gasteiger partial charge in [0.05, 0.1) is 5.88 Å². The van der Waals surface area contributed by atoms with Crippen molar-refractivity contribution in [1.29, 1.82) is 0 Å². The third-order valence-electron chi connectivity index (χ3n) is 3.43. The van der Waals surface area contributed by atoms with Crippen LogP contribution in [0, 0.1) is 0 Å². The number of benzene rings is 1. The van der Waals surface area contributed by atoms with E-state index in [2.05, 4.69) is 33.8 Å². The van der Waals surface area contributed by atoms with Gasteiger partial charge in [-0.3, -0.25) is 4.57 Å². The van der Waals surface area contributed by atoms with E-state index in [1.54, 1.807) is 0 Å². The summed E-state index contributed by atoms with van der Waals surface area (Å²) in [5.74, 6) is 2.22. The van der Waals surface area contributed by atoms with Crippen LogP contribution in [-0.2, 0) is 12.3 Å². The molecule has 0 fully saturated rings. The van der Waals surface area contributed by atoms with Crippen molar-refractivity contribution < 1.29 is 0 Å². The van der Waals surface area contributed by atoms with Gasteiger partial charge in [-0.25, -0.2) is 0 Å². The van der Waals surface area contributed by atoms with Gasteiger partial charge in [-0.1, -0.05) is 50.8 Å². The second kappa shape index (κ2) is 8.05. The first-order valence-electron chi connectivity index (χ1n) is 7.41. The van der Waals surface area contributed by atoms with Crippen molar-refractivity contribution in [2.24, 2.45) is 0 Å². The molecule has 0 aliphatic carbocycles. The summed E-state index contributed by atoms with van der Waals surface area (Å²) in [4.78, 5) is 0. The molecule has 0 N–H and O–H groups in total. The number of hydrogen-bond acceptors (Lipinski definition) is 2. The van der Waals surface area contributed by atoms with Gasteiger partial charge in [0.1, 0.15) is 5.82 Å². The largest absolute Gasteiger partial charge is 0.282 e. The van der Waals surface area contributed by atoms with E-state index in [1.165, 1.54) is 25.7 Å². The molecule has 1 aromatic heterocycles. The zero-order valence-electron chi connectivity index (χ0n) is 12.1. The molecule has 0 spiro atoms. The van der Waals surface area contributed by atoms with E-state index in [4.69, 9.17) is 11.6 Å². The molecule has 0 bridgehead atoms. The summed E-state index contributed by atoms with van der Waals surface area (Å²) in [5, 5.41) is 8.52. The van der Waals surface area contributed by atoms with Crippen molar-refractivity contribution in [2.45, 2.75) is 51.3 Å². The van der Waals surface area contributed by atoms with E-state index < -0.39 is 0 Å². The first-order chi connectivity index (χ1) is 9.86. The average molecular weight is 292 g/mol. The second-order valence-corrected chi connectivity index (χ2v) is 5.27. The van der Waals surface area contributed by atoms with Crippen LogP contribution in [0.15, 0.2) is 30.3 Å². The number of alkyl halides is 1. The molecular formula is C16H22ClN3. The van der Waals surface area contributed by atoms with Crippen molar-refractivity contribution in [3.8, 4) is 5.69 Å². The van der Waals surface area contributed by atoms with Gasteiger partial charge in [-0.05, 0) is 18.6 Å². The van der Waals surface area contributed by atoms with E-state index in [0.717, 1.165) is 30.2 Å². The standard InChI is InChI=1S/C16H22ClN3/c1-2-3-4-5-9-12-15-18-19-16(13-17)20(15)14-10-7-6-8-11-14/h6-8,10-11H,2-5,9,12-13H2,1H3. The Bertz CT molecular complexity index is 508. The summed E-state index contributed by atoms with van der Waals surface area (Å²) in [6, 6.07) is 10.2. The van der Waals surface area contributed by atoms with Crippen LogP contribution in [0.2, 0.25) is 0 Å². The topological polar surface area (TPSA) is 30.7 Å². The fraction of sp³-hybridized carbons (Fsp3) is 0.500. The van der Waals surface area contributed by atoms with E-state index >= 15 is 0 Å². The summed E-state index contributed by atoms with van der Waals surface area (Å²) in [7, 11) is 0. The molecule has 0 aliphatic heterocycles. The molecule has 0 saturated heterocycles. The number of hydrogen-bond donors (Lipinski definition) is 0. The van der Waals surface area contributed by atoms with Crippen LogP contribution in [0.5, 0.6) is 0 Å². The molecule has 4 heteroatoms. The van der Waals surface area contributed by atoms with Crippen LogP contribution >= 0.6 is 11.6 Å². The second-order valence-electron chi connectivity index (χ2n) is 5.00. The van der Waals surface area contributed by atoms with Gasteiger partial charge >= 0.3 is 0 Å². The molecule has 3 nitrogen and oxygen atoms in total. The van der Waals surface area contributed by atoms with Crippen molar-refractivity contribution in [3.05, 3.63) is 42.0 Å². The van der Waals surface area contributed by atoms with E-state index in [1.807, 2.05) is 18.2 Å². The van der Waals surface area contributed by atoms with Crippen LogP contribution in [0.4, 0.5) is 0 Å². The maximum absolute atomic E-state index is 5.97. The summed E-state index contributed by atoms with van der Waals surface area (Å²) in [6.45, 7) is 2.23. The molecule has 0 amide bonds. The highest BCUT2D eigenvalue weighted by Crippen LogP contribution is 2.16. The summed E-state index contributed by atoms with van der Waals surface area (Å²) >= 11 is 5.97. The van der Waals surface area contributed by atoms with Crippen LogP contribution in [0.3, 0.4) is 0 Å². The number of para-hydroxylation sites is 1. The Kier molecular flexibility index (Phi) is 6.06. The fourth-order valence-corrected chi connectivity index (χ4v) is 2.54. The maximum Gasteiger partial charge on any atom is 0.152 e. The molecule has 2 rings (SSSR count). The Morgan fingerprint density at radius 1 is 0.950 bits per heavy atom. The zero-order valence-corrected chi connectivity index (χ0v) is 12.8. The molecular weight excluding hydrogens is 270 g/mol. The number of aromatic nitrogens is 3. The summed E-state index contributed by atoms with van der Waals surface area (Å²) < 4.78 is 2.09. The molecule has 0 aliphatic rings. The SMILES string of the molecule is CCCCCCCc1nnc(CCl)n1-c1ccccc1. The smallest absolute Gasteiger partial charge is 0.152 e. The Labute approximate surface area is 126 Å². The van der Waals surface area contributed by atoms with Gasteiger partial charge in [0.15, 0.2) is 5.82 Å². The highest BCUT2D eigenvalue weighted by atomic mass is 35.5. The number of nitrogens with zero attached hydrogens (tertiary/aromatic N) is 3. The average Bonchev–Trinajstić information content (AvgIpc) is 2.91. The molecule has 0 saturated carbocycles. The van der Waals surface area contributed by atoms with Gasteiger partial charge < -0.3 is 0 Å². The third-order valence-corrected chi connectivity index (χ3v) is 3.67. The molecule has 0 unspecified atom stereocenters. The van der Waals surface area contributed by atoms with Crippen molar-refractivity contribution in [3.63, 3.8) is 0 Å². The van der Waals surface area contributed by atoms with Gasteiger partial charge in [0.2, 0.25) is 0 Å². The minimum atomic E-state index is 0.387. The lowest BCUT2D eigenvalue weighted by molar-refractivity contribution is 0.618. The van der Waals surface area contributed by atoms with E-state index in [0.29, 0.717) is 5.88 Å². The number of rotatable bonds is 8. The molecule has 1 heterocycles. The maximum atomic E-state index is 5.97. The van der Waals surface area contributed by atoms with Crippen molar-refractivity contribution in [2.75, 3.05) is 0 Å². The van der Waals surface area contributed by atoms with Crippen LogP contribution < -0.4 is 0 Å². The van der Waals surface area contributed by atoms with Crippen LogP contribution in [0.25, 0.3) is 5.69 Å². The predicted molar refractivity (Wildman–Crippen MR) is 83.4 cm³/mol. The van der Waals surface area contributed by atoms with Gasteiger partial charge in [-0.15, -0.1) is 21.8 Å². The summed E-state index contributed by atoms with van der Waals surface area (Å²) in [5.41, 5.74) is 1.09. The monoisotopic (exact) mass is 291 g/mol. The molecule has 2 aromatic rings. The molecule has 0 atom stereocenters. The van der Waals surface area contributed by atoms with Gasteiger partial charge in [-0.2, -0.15) is 0 Å². The Balaban J connectivity index is 2.08. The molecule has 108 valence electrons. The fourth-order valence-electron chi connectivity index (χ4n) is 2.36. The number of unbranched alkanes of at least 4 members (excludes halogenated alkanes) is 4. The first kappa shape index (κ1) is 15.0. The Morgan fingerprint density at radius 3 is 2.35 bits per heavy atom. The first-order valence-corrected chi connectivity index (χ1v) is 7.94. The summed E-state index contributed by atoms with van der Waals surface area (Å²) in [6.07, 6.45) is 7.27. The minimum Gasteiger partial charge on any atom is -0.282 e. The molecule has 0 radical (unpaired) electrons. The third kappa shape index (κ3) is 3.83. The van der Waals surface area contributed by atoms with E-state index in [9.17, 15) is 0 Å². The van der Waals surface area contributed by atoms with Crippen molar-refractivity contribution in [1.82, 2.24) is 14.8 Å². The molecule has 20 heavy (non-hydrogen) atoms. The van der Waals surface area contributed by atoms with E-state index in [-0.39, 0.29) is 0 Å². The minimum absolute atomic E-state index is 0.387. The lowest BCUT2D eigenvalue weighted by Gasteiger charge is -2.09. The highest BCUT2D eigenvalue weighted by molar-refractivity contribution is 6.16. The van der Waals surface area contributed by atoms with Crippen molar-refractivity contribution >= 4 is 11.6 Å². The van der Waals surface area contributed by atoms with Gasteiger partial charge in [0.25, 0.3) is 0 Å². The normalized spacial score (nSPS) is 10.9. The van der Waals surface area contributed by atoms with Crippen LogP contribution in [0.1, 0.15) is 50.7 Å². The van der Waals surface area contributed by atoms with Gasteiger partial charge in [0, 0.05) is 12.1 Å². The number of halogens is 1. The number of aryl methyl sites for hydroxylation is 1. The zero-order chi connectivity index (χ0) is 14.2. The lowest BCUT2D eigenvalue weighted by Crippen LogP contribution is -2.04. The highest BCUT2D eigenvalue weighted by Gasteiger charge is 2.12. The Hall–Kier alpha value is -1.35. The predicted octanol–water partition coefficient (Wildman–Crippen LogP) is 4.52.